The van der Waals surface area contributed by atoms with Crippen LogP contribution < -0.4 is 10.6 Å². The van der Waals surface area contributed by atoms with E-state index in [2.05, 4.69) is 15.0 Å². The van der Waals surface area contributed by atoms with Crippen LogP contribution in [0, 0.1) is 5.82 Å². The van der Waals surface area contributed by atoms with Crippen molar-refractivity contribution in [3.63, 3.8) is 0 Å². The number of benzene rings is 2. The Balaban J connectivity index is 0.00000433. The second-order valence-electron chi connectivity index (χ2n) is 11.3. The molecule has 1 atom stereocenters. The normalized spacial score (nSPS) is 13.7. The predicted molar refractivity (Wildman–Crippen MR) is 172 cm³/mol. The van der Waals surface area contributed by atoms with Gasteiger partial charge in [0, 0.05) is 60.2 Å². The highest BCUT2D eigenvalue weighted by Crippen LogP contribution is 2.41. The fraction of sp³-hybridized carbons (Fsp3) is 0.333. The molecule has 5 aromatic rings. The van der Waals surface area contributed by atoms with E-state index in [0.717, 1.165) is 40.5 Å². The quantitative estimate of drug-likeness (QED) is 0.144. The van der Waals surface area contributed by atoms with E-state index >= 15 is 4.39 Å². The van der Waals surface area contributed by atoms with Gasteiger partial charge in [0.25, 0.3) is 0 Å². The van der Waals surface area contributed by atoms with Crippen LogP contribution in [0.1, 0.15) is 54.3 Å². The van der Waals surface area contributed by atoms with E-state index in [0.29, 0.717) is 53.5 Å². The number of para-hydroxylation sites is 1. The van der Waals surface area contributed by atoms with Crippen LogP contribution in [0.3, 0.4) is 0 Å². The summed E-state index contributed by atoms with van der Waals surface area (Å²) in [5, 5.41) is 5.62. The highest BCUT2D eigenvalue weighted by Gasteiger charge is 2.34. The number of alkyl halides is 3. The monoisotopic (exact) mass is 671 g/mol. The maximum Gasteiger partial charge on any atom is 0.419 e. The number of hydrogen-bond donors (Lipinski definition) is 2. The molecule has 3 aromatic heterocycles. The number of nitrogens with zero attached hydrogens (tertiary/aromatic N) is 5. The molecular weight excluding hydrogens is 638 g/mol. The molecule has 1 aliphatic heterocycles. The zero-order chi connectivity index (χ0) is 32.7. The zero-order valence-electron chi connectivity index (χ0n) is 26.0. The van der Waals surface area contributed by atoms with Crippen LogP contribution in [0.4, 0.5) is 23.5 Å². The minimum Gasteiger partial charge on any atom is -0.460 e. The highest BCUT2D eigenvalue weighted by atomic mass is 35.5. The number of H-pyrrole nitrogens is 1. The second kappa shape index (κ2) is 13.3. The molecular formula is C33H34ClF4N7O2. The molecule has 6 rings (SSSR count). The second-order valence-corrected chi connectivity index (χ2v) is 11.3. The molecule has 14 heteroatoms. The number of hydrogen-bond acceptors (Lipinski definition) is 7. The van der Waals surface area contributed by atoms with Gasteiger partial charge in [-0.15, -0.1) is 12.4 Å². The first kappa shape index (κ1) is 33.9. The van der Waals surface area contributed by atoms with Gasteiger partial charge >= 0.3 is 12.1 Å². The summed E-state index contributed by atoms with van der Waals surface area (Å²) in [6.07, 6.45) is 0.545. The Kier molecular flexibility index (Phi) is 9.60. The van der Waals surface area contributed by atoms with Gasteiger partial charge in [-0.1, -0.05) is 32.0 Å². The minimum absolute atomic E-state index is 0. The summed E-state index contributed by atoms with van der Waals surface area (Å²) in [7, 11) is 0. The Morgan fingerprint density at radius 3 is 2.40 bits per heavy atom. The minimum atomic E-state index is -4.56. The average Bonchev–Trinajstić information content (AvgIpc) is 3.68. The molecule has 1 unspecified atom stereocenters. The molecule has 0 saturated heterocycles. The number of ether oxygens (including phenoxy) is 1. The van der Waals surface area contributed by atoms with E-state index in [4.69, 9.17) is 15.6 Å². The molecule has 248 valence electrons. The highest BCUT2D eigenvalue weighted by molar-refractivity contribution is 5.98. The molecule has 2 aromatic carbocycles. The van der Waals surface area contributed by atoms with Crippen molar-refractivity contribution in [1.29, 1.82) is 0 Å². The first-order chi connectivity index (χ1) is 22.0. The van der Waals surface area contributed by atoms with E-state index in [1.54, 1.807) is 17.2 Å². The largest absolute Gasteiger partial charge is 0.460 e. The van der Waals surface area contributed by atoms with Gasteiger partial charge in [0.2, 0.25) is 5.95 Å². The summed E-state index contributed by atoms with van der Waals surface area (Å²) >= 11 is 0. The molecule has 0 amide bonds. The number of fused-ring (bicyclic) bond motifs is 2. The number of aromatic amines is 1. The standard InChI is InChI=1S/C33H33F4N7O2.ClH/c1-4-19-7-6-8-20(5-2)29(19)44-30(27-23-9-11-39-28(23)21(13-25(27)34)17-46-31(45)18(3)38)24-16-43(12-10-26(24)42-44)32-40-14-22(15-41-32)33(35,36)37;/h6-9,11,13-15,18,39H,4-5,10,12,16-17,38H2,1-3H3;1H. The maximum atomic E-state index is 16.5. The van der Waals surface area contributed by atoms with Gasteiger partial charge in [-0.05, 0) is 43.0 Å². The number of aromatic nitrogens is 5. The van der Waals surface area contributed by atoms with Gasteiger partial charge < -0.3 is 20.4 Å². The average molecular weight is 672 g/mol. The Labute approximate surface area is 274 Å². The molecule has 0 aliphatic carbocycles. The summed E-state index contributed by atoms with van der Waals surface area (Å²) in [5.41, 5.74) is 11.0. The molecule has 0 fully saturated rings. The van der Waals surface area contributed by atoms with Crippen LogP contribution in [-0.4, -0.2) is 43.3 Å². The number of anilines is 1. The van der Waals surface area contributed by atoms with Crippen LogP contribution in [0.5, 0.6) is 0 Å². The predicted octanol–water partition coefficient (Wildman–Crippen LogP) is 6.47. The van der Waals surface area contributed by atoms with Crippen molar-refractivity contribution in [2.45, 2.75) is 65.4 Å². The molecule has 0 radical (unpaired) electrons. The lowest BCUT2D eigenvalue weighted by Gasteiger charge is -2.27. The fourth-order valence-corrected chi connectivity index (χ4v) is 5.98. The molecule has 3 N–H and O–H groups in total. The van der Waals surface area contributed by atoms with Gasteiger partial charge in [-0.25, -0.2) is 19.0 Å². The Morgan fingerprint density at radius 1 is 1.11 bits per heavy atom. The molecule has 0 spiro atoms. The molecule has 9 nitrogen and oxygen atoms in total. The molecule has 47 heavy (non-hydrogen) atoms. The summed E-state index contributed by atoms with van der Waals surface area (Å²) in [4.78, 5) is 25.1. The maximum absolute atomic E-state index is 16.5. The summed E-state index contributed by atoms with van der Waals surface area (Å²) in [6.45, 7) is 6.05. The van der Waals surface area contributed by atoms with E-state index in [-0.39, 0.29) is 31.5 Å². The lowest BCUT2D eigenvalue weighted by atomic mass is 9.95. The Bertz CT molecular complexity index is 1900. The number of aryl methyl sites for hydroxylation is 2. The Hall–Kier alpha value is -4.49. The third-order valence-corrected chi connectivity index (χ3v) is 8.32. The third kappa shape index (κ3) is 6.29. The van der Waals surface area contributed by atoms with Crippen molar-refractivity contribution in [1.82, 2.24) is 24.7 Å². The van der Waals surface area contributed by atoms with Crippen LogP contribution in [-0.2, 0) is 48.1 Å². The SMILES string of the molecule is CCc1cccc(CC)c1-n1nc2c(c1-c1c(F)cc(COC(=O)C(C)N)c3[nH]ccc13)CN(c1ncc(C(F)(F)F)cn1)CC2.Cl. The first-order valence-electron chi connectivity index (χ1n) is 15.1. The number of esters is 1. The lowest BCUT2D eigenvalue weighted by Crippen LogP contribution is -2.31. The van der Waals surface area contributed by atoms with Crippen LogP contribution in [0.15, 0.2) is 48.9 Å². The summed E-state index contributed by atoms with van der Waals surface area (Å²) in [5.74, 6) is -1.01. The number of nitrogens with one attached hydrogen (secondary N) is 1. The van der Waals surface area contributed by atoms with E-state index in [9.17, 15) is 18.0 Å². The fourth-order valence-electron chi connectivity index (χ4n) is 5.98. The van der Waals surface area contributed by atoms with Gasteiger partial charge in [-0.3, -0.25) is 4.79 Å². The van der Waals surface area contributed by atoms with Gasteiger partial charge in [0.1, 0.15) is 18.5 Å². The summed E-state index contributed by atoms with van der Waals surface area (Å²) < 4.78 is 63.3. The topological polar surface area (TPSA) is 115 Å². The van der Waals surface area contributed by atoms with Crippen molar-refractivity contribution < 1.29 is 27.1 Å². The van der Waals surface area contributed by atoms with Gasteiger partial charge in [-0.2, -0.15) is 18.3 Å². The van der Waals surface area contributed by atoms with E-state index in [1.807, 2.05) is 36.7 Å². The lowest BCUT2D eigenvalue weighted by molar-refractivity contribution is -0.146. The van der Waals surface area contributed by atoms with E-state index < -0.39 is 29.6 Å². The van der Waals surface area contributed by atoms with E-state index in [1.165, 1.54) is 13.0 Å². The smallest absolute Gasteiger partial charge is 0.419 e. The van der Waals surface area contributed by atoms with Crippen molar-refractivity contribution in [2.75, 3.05) is 11.4 Å². The number of nitrogens with two attached hydrogens (primary N) is 1. The number of halogens is 5. The number of rotatable bonds is 8. The summed E-state index contributed by atoms with van der Waals surface area (Å²) in [6, 6.07) is 8.33. The van der Waals surface area contributed by atoms with Crippen molar-refractivity contribution >= 4 is 35.2 Å². The van der Waals surface area contributed by atoms with Crippen LogP contribution >= 0.6 is 12.4 Å². The van der Waals surface area contributed by atoms with Crippen molar-refractivity contribution in [3.05, 3.63) is 88.3 Å². The van der Waals surface area contributed by atoms with Crippen LogP contribution in [0.25, 0.3) is 27.8 Å². The molecule has 1 aliphatic rings. The first-order valence-corrected chi connectivity index (χ1v) is 15.1. The molecule has 0 bridgehead atoms. The number of carbonyl (C=O) groups is 1. The van der Waals surface area contributed by atoms with Crippen molar-refractivity contribution in [2.24, 2.45) is 5.73 Å². The molecule has 0 saturated carbocycles. The molecule has 4 heterocycles. The third-order valence-electron chi connectivity index (χ3n) is 8.32. The van der Waals surface area contributed by atoms with Crippen LogP contribution in [0.2, 0.25) is 0 Å². The van der Waals surface area contributed by atoms with Gasteiger partial charge in [0.15, 0.2) is 0 Å². The van der Waals surface area contributed by atoms with Crippen molar-refractivity contribution in [3.8, 4) is 16.9 Å². The zero-order valence-corrected chi connectivity index (χ0v) is 26.8. The number of carbonyl (C=O) groups excluding carboxylic acids is 1. The van der Waals surface area contributed by atoms with Gasteiger partial charge in [0.05, 0.1) is 28.2 Å². The Morgan fingerprint density at radius 2 is 1.79 bits per heavy atom.